The van der Waals surface area contributed by atoms with Gasteiger partial charge in [-0.25, -0.2) is 4.79 Å². The molecule has 1 aromatic carbocycles. The van der Waals surface area contributed by atoms with Crippen LogP contribution < -0.4 is 33.2 Å². The van der Waals surface area contributed by atoms with Gasteiger partial charge in [-0.15, -0.1) is 0 Å². The van der Waals surface area contributed by atoms with Crippen molar-refractivity contribution in [2.24, 2.45) is 23.1 Å². The number of hydrogen-bond donors (Lipinski definition) is 8. The highest BCUT2D eigenvalue weighted by Gasteiger charge is 2.32. The molecule has 0 fully saturated rings. The lowest BCUT2D eigenvalue weighted by Gasteiger charge is -2.26. The fraction of sp³-hybridized carbons (Fsp3) is 0.500. The second-order valence-electron chi connectivity index (χ2n) is 8.98. The Labute approximate surface area is 219 Å². The van der Waals surface area contributed by atoms with Crippen molar-refractivity contribution in [3.63, 3.8) is 0 Å². The lowest BCUT2D eigenvalue weighted by atomic mass is 9.98. The first-order valence-corrected chi connectivity index (χ1v) is 12.0. The van der Waals surface area contributed by atoms with Crippen LogP contribution in [0.3, 0.4) is 0 Å². The van der Waals surface area contributed by atoms with Crippen molar-refractivity contribution in [2.45, 2.75) is 70.1 Å². The van der Waals surface area contributed by atoms with Crippen LogP contribution in [0.5, 0.6) is 5.75 Å². The predicted octanol–water partition coefficient (Wildman–Crippen LogP) is -2.01. The quantitative estimate of drug-likeness (QED) is 0.116. The Morgan fingerprint density at radius 1 is 0.868 bits per heavy atom. The molecular weight excluding hydrogens is 500 g/mol. The van der Waals surface area contributed by atoms with E-state index in [1.54, 1.807) is 26.0 Å². The van der Waals surface area contributed by atoms with Gasteiger partial charge in [0.2, 0.25) is 29.5 Å². The smallest absolute Gasteiger partial charge is 0.326 e. The Kier molecular flexibility index (Phi) is 12.7. The normalized spacial score (nSPS) is 14.7. The Balaban J connectivity index is 3.03. The summed E-state index contributed by atoms with van der Waals surface area (Å²) in [5, 5.41) is 25.9. The minimum Gasteiger partial charge on any atom is -0.508 e. The van der Waals surface area contributed by atoms with E-state index in [0.29, 0.717) is 12.0 Å². The van der Waals surface area contributed by atoms with Gasteiger partial charge >= 0.3 is 5.97 Å². The van der Waals surface area contributed by atoms with Gasteiger partial charge in [0.1, 0.15) is 23.9 Å². The van der Waals surface area contributed by atoms with Crippen LogP contribution >= 0.6 is 0 Å². The molecule has 5 atom stereocenters. The number of nitrogens with two attached hydrogens (primary N) is 3. The lowest BCUT2D eigenvalue weighted by molar-refractivity contribution is -0.144. The van der Waals surface area contributed by atoms with E-state index in [1.165, 1.54) is 12.1 Å². The van der Waals surface area contributed by atoms with Crippen LogP contribution in [0, 0.1) is 5.92 Å². The van der Waals surface area contributed by atoms with Crippen LogP contribution in [-0.2, 0) is 35.2 Å². The minimum absolute atomic E-state index is 0.0266. The molecule has 38 heavy (non-hydrogen) atoms. The van der Waals surface area contributed by atoms with Crippen molar-refractivity contribution < 1.29 is 39.0 Å². The molecular formula is C24H36N6O8. The zero-order valence-electron chi connectivity index (χ0n) is 21.3. The molecule has 0 aromatic heterocycles. The highest BCUT2D eigenvalue weighted by Crippen LogP contribution is 2.12. The fourth-order valence-electron chi connectivity index (χ4n) is 3.43. The second kappa shape index (κ2) is 15.1. The Morgan fingerprint density at radius 3 is 1.92 bits per heavy atom. The van der Waals surface area contributed by atoms with E-state index in [2.05, 4.69) is 16.0 Å². The van der Waals surface area contributed by atoms with Crippen molar-refractivity contribution in [3.05, 3.63) is 29.8 Å². The molecule has 11 N–H and O–H groups in total. The zero-order valence-corrected chi connectivity index (χ0v) is 21.3. The van der Waals surface area contributed by atoms with Gasteiger partial charge in [-0.3, -0.25) is 24.0 Å². The van der Waals surface area contributed by atoms with E-state index >= 15 is 0 Å². The molecule has 0 aliphatic carbocycles. The van der Waals surface area contributed by atoms with Crippen molar-refractivity contribution in [1.29, 1.82) is 0 Å². The van der Waals surface area contributed by atoms with E-state index in [9.17, 15) is 39.0 Å². The van der Waals surface area contributed by atoms with Gasteiger partial charge in [0, 0.05) is 6.42 Å². The minimum atomic E-state index is -1.51. The molecule has 5 unspecified atom stereocenters. The number of rotatable bonds is 16. The number of phenolic OH excluding ortho intramolecular Hbond substituents is 1. The number of amides is 5. The van der Waals surface area contributed by atoms with E-state index < -0.39 is 72.0 Å². The van der Waals surface area contributed by atoms with Crippen molar-refractivity contribution in [1.82, 2.24) is 16.0 Å². The largest absolute Gasteiger partial charge is 0.508 e. The molecule has 1 rings (SSSR count). The van der Waals surface area contributed by atoms with Gasteiger partial charge < -0.3 is 43.4 Å². The third kappa shape index (κ3) is 10.8. The lowest BCUT2D eigenvalue weighted by Crippen LogP contribution is -2.58. The maximum atomic E-state index is 13.0. The summed E-state index contributed by atoms with van der Waals surface area (Å²) >= 11 is 0. The van der Waals surface area contributed by atoms with Crippen LogP contribution in [0.25, 0.3) is 0 Å². The zero-order chi connectivity index (χ0) is 29.0. The first-order valence-electron chi connectivity index (χ1n) is 12.0. The number of nitrogens with one attached hydrogen (secondary N) is 3. The molecule has 0 spiro atoms. The predicted molar refractivity (Wildman–Crippen MR) is 135 cm³/mol. The average Bonchev–Trinajstić information content (AvgIpc) is 2.84. The Morgan fingerprint density at radius 2 is 1.42 bits per heavy atom. The van der Waals surface area contributed by atoms with E-state index in [-0.39, 0.29) is 25.0 Å². The maximum absolute atomic E-state index is 13.0. The fourth-order valence-corrected chi connectivity index (χ4v) is 3.43. The summed E-state index contributed by atoms with van der Waals surface area (Å²) in [7, 11) is 0. The van der Waals surface area contributed by atoms with Gasteiger partial charge in [-0.05, 0) is 36.5 Å². The molecule has 0 heterocycles. The third-order valence-corrected chi connectivity index (χ3v) is 5.86. The summed E-state index contributed by atoms with van der Waals surface area (Å²) in [5.41, 5.74) is 16.9. The maximum Gasteiger partial charge on any atom is 0.326 e. The number of aliphatic carboxylic acids is 1. The monoisotopic (exact) mass is 536 g/mol. The number of carbonyl (C=O) groups excluding carboxylic acids is 5. The first-order chi connectivity index (χ1) is 17.7. The summed E-state index contributed by atoms with van der Waals surface area (Å²) < 4.78 is 0. The number of carbonyl (C=O) groups is 6. The molecule has 0 bridgehead atoms. The standard InChI is InChI=1S/C24H36N6O8/c1-3-12(2)20(24(37)38)30-22(35)16(8-9-18(26)32)28-23(36)17(11-19(27)33)29-21(34)15(25)10-13-4-6-14(31)7-5-13/h4-7,12,15-17,20,31H,3,8-11,25H2,1-2H3,(H2,26,32)(H2,27,33)(H,28,36)(H,29,34)(H,30,35)(H,37,38). The number of carboxylic acids is 1. The van der Waals surface area contributed by atoms with Gasteiger partial charge in [-0.2, -0.15) is 0 Å². The molecule has 0 aliphatic rings. The van der Waals surface area contributed by atoms with Crippen LogP contribution in [0.15, 0.2) is 24.3 Å². The average molecular weight is 537 g/mol. The highest BCUT2D eigenvalue weighted by molar-refractivity contribution is 5.96. The summed E-state index contributed by atoms with van der Waals surface area (Å²) in [6.45, 7) is 3.36. The number of aromatic hydroxyl groups is 1. The van der Waals surface area contributed by atoms with Crippen molar-refractivity contribution in [2.75, 3.05) is 0 Å². The molecule has 14 heteroatoms. The van der Waals surface area contributed by atoms with Crippen LogP contribution in [0.2, 0.25) is 0 Å². The van der Waals surface area contributed by atoms with Crippen molar-refractivity contribution in [3.8, 4) is 5.75 Å². The molecule has 0 aliphatic heterocycles. The number of carboxylic acid groups (broad SMARTS) is 1. The van der Waals surface area contributed by atoms with Crippen LogP contribution in [0.4, 0.5) is 0 Å². The highest BCUT2D eigenvalue weighted by atomic mass is 16.4. The molecule has 5 amide bonds. The molecule has 14 nitrogen and oxygen atoms in total. The van der Waals surface area contributed by atoms with Crippen molar-refractivity contribution >= 4 is 35.5 Å². The summed E-state index contributed by atoms with van der Waals surface area (Å²) in [5.74, 6) is -6.06. The number of hydrogen-bond acceptors (Lipinski definition) is 8. The van der Waals surface area contributed by atoms with E-state index in [0.717, 1.165) is 0 Å². The third-order valence-electron chi connectivity index (χ3n) is 5.86. The summed E-state index contributed by atoms with van der Waals surface area (Å²) in [4.78, 5) is 73.0. The van der Waals surface area contributed by atoms with Gasteiger partial charge in [0.05, 0.1) is 12.5 Å². The first kappa shape index (κ1) is 31.8. The van der Waals surface area contributed by atoms with Gasteiger partial charge in [-0.1, -0.05) is 32.4 Å². The molecule has 0 saturated carbocycles. The van der Waals surface area contributed by atoms with Crippen LogP contribution in [-0.4, -0.2) is 69.9 Å². The molecule has 0 saturated heterocycles. The Bertz CT molecular complexity index is 1020. The SMILES string of the molecule is CCC(C)C(NC(=O)C(CCC(N)=O)NC(=O)C(CC(N)=O)NC(=O)C(N)Cc1ccc(O)cc1)C(=O)O. The topological polar surface area (TPSA) is 257 Å². The van der Waals surface area contributed by atoms with Gasteiger partial charge in [0.25, 0.3) is 0 Å². The molecule has 210 valence electrons. The molecule has 0 radical (unpaired) electrons. The van der Waals surface area contributed by atoms with Gasteiger partial charge in [0.15, 0.2) is 0 Å². The van der Waals surface area contributed by atoms with E-state index in [1.807, 2.05) is 0 Å². The molecule has 1 aromatic rings. The summed E-state index contributed by atoms with van der Waals surface area (Å²) in [6, 6.07) is 0.623. The Hall–Kier alpha value is -4.20. The number of benzene rings is 1. The number of primary amides is 2. The second-order valence-corrected chi connectivity index (χ2v) is 8.98. The summed E-state index contributed by atoms with van der Waals surface area (Å²) in [6.07, 6.45) is -0.723. The number of phenols is 1. The van der Waals surface area contributed by atoms with E-state index in [4.69, 9.17) is 17.2 Å². The van der Waals surface area contributed by atoms with Crippen LogP contribution in [0.1, 0.15) is 45.1 Å².